The zero-order chi connectivity index (χ0) is 11.1. The van der Waals surface area contributed by atoms with Crippen LogP contribution < -0.4 is 15.8 Å². The SMILES string of the molecule is CCCCNc1ccc(N)c(OCC)n1. The summed E-state index contributed by atoms with van der Waals surface area (Å²) in [7, 11) is 0. The maximum absolute atomic E-state index is 5.72. The van der Waals surface area contributed by atoms with E-state index >= 15 is 0 Å². The lowest BCUT2D eigenvalue weighted by molar-refractivity contribution is 0.329. The molecule has 0 spiro atoms. The average Bonchev–Trinajstić information content (AvgIpc) is 2.23. The summed E-state index contributed by atoms with van der Waals surface area (Å²) in [6.45, 7) is 5.58. The average molecular weight is 209 g/mol. The maximum Gasteiger partial charge on any atom is 0.239 e. The minimum Gasteiger partial charge on any atom is -0.476 e. The van der Waals surface area contributed by atoms with Crippen LogP contribution in [0.1, 0.15) is 26.7 Å². The first-order valence-corrected chi connectivity index (χ1v) is 5.41. The molecule has 0 fully saturated rings. The number of ether oxygens (including phenoxy) is 1. The molecule has 0 aliphatic heterocycles. The molecule has 0 aromatic carbocycles. The summed E-state index contributed by atoms with van der Waals surface area (Å²) >= 11 is 0. The van der Waals surface area contributed by atoms with Crippen LogP contribution in [0.2, 0.25) is 0 Å². The van der Waals surface area contributed by atoms with E-state index in [2.05, 4.69) is 17.2 Å². The molecule has 4 nitrogen and oxygen atoms in total. The molecule has 1 aromatic rings. The lowest BCUT2D eigenvalue weighted by atomic mass is 10.3. The van der Waals surface area contributed by atoms with Gasteiger partial charge in [-0.15, -0.1) is 0 Å². The number of pyridine rings is 1. The summed E-state index contributed by atoms with van der Waals surface area (Å²) in [4.78, 5) is 4.28. The molecule has 0 atom stereocenters. The Hall–Kier alpha value is -1.45. The fourth-order valence-electron chi connectivity index (χ4n) is 1.20. The van der Waals surface area contributed by atoms with Crippen molar-refractivity contribution in [2.75, 3.05) is 24.2 Å². The highest BCUT2D eigenvalue weighted by molar-refractivity contribution is 5.53. The standard InChI is InChI=1S/C11H19N3O/c1-3-5-8-13-10-7-6-9(12)11(14-10)15-4-2/h6-7H,3-5,8,12H2,1-2H3,(H,13,14). The van der Waals surface area contributed by atoms with E-state index in [0.29, 0.717) is 18.2 Å². The molecule has 4 heteroatoms. The topological polar surface area (TPSA) is 60.2 Å². The third kappa shape index (κ3) is 3.65. The van der Waals surface area contributed by atoms with E-state index in [1.807, 2.05) is 19.1 Å². The Balaban J connectivity index is 2.61. The van der Waals surface area contributed by atoms with Crippen LogP contribution in [-0.4, -0.2) is 18.1 Å². The van der Waals surface area contributed by atoms with Crippen LogP contribution in [0.5, 0.6) is 5.88 Å². The molecule has 0 saturated carbocycles. The Morgan fingerprint density at radius 2 is 2.20 bits per heavy atom. The molecule has 0 amide bonds. The number of anilines is 2. The minimum atomic E-state index is 0.513. The first-order valence-electron chi connectivity index (χ1n) is 5.41. The van der Waals surface area contributed by atoms with Gasteiger partial charge >= 0.3 is 0 Å². The van der Waals surface area contributed by atoms with Crippen molar-refractivity contribution < 1.29 is 4.74 Å². The molecule has 1 aromatic heterocycles. The zero-order valence-corrected chi connectivity index (χ0v) is 9.42. The smallest absolute Gasteiger partial charge is 0.239 e. The van der Waals surface area contributed by atoms with Gasteiger partial charge in [0.25, 0.3) is 0 Å². The van der Waals surface area contributed by atoms with E-state index < -0.39 is 0 Å². The normalized spacial score (nSPS) is 10.0. The number of hydrogen-bond donors (Lipinski definition) is 2. The van der Waals surface area contributed by atoms with Gasteiger partial charge in [-0.05, 0) is 25.5 Å². The van der Waals surface area contributed by atoms with Crippen LogP contribution >= 0.6 is 0 Å². The van der Waals surface area contributed by atoms with E-state index in [9.17, 15) is 0 Å². The highest BCUT2D eigenvalue weighted by Crippen LogP contribution is 2.20. The van der Waals surface area contributed by atoms with Gasteiger partial charge in [0.2, 0.25) is 5.88 Å². The fraction of sp³-hybridized carbons (Fsp3) is 0.545. The number of nitrogens with two attached hydrogens (primary N) is 1. The molecular formula is C11H19N3O. The van der Waals surface area contributed by atoms with Gasteiger partial charge in [0.15, 0.2) is 0 Å². The van der Waals surface area contributed by atoms with Crippen LogP contribution in [0.4, 0.5) is 11.5 Å². The van der Waals surface area contributed by atoms with Crippen LogP contribution in [0.15, 0.2) is 12.1 Å². The third-order valence-electron chi connectivity index (χ3n) is 2.01. The summed E-state index contributed by atoms with van der Waals surface area (Å²) in [5.41, 5.74) is 6.30. The molecule has 1 heterocycles. The Morgan fingerprint density at radius 1 is 1.40 bits per heavy atom. The predicted molar refractivity (Wildman–Crippen MR) is 63.2 cm³/mol. The number of hydrogen-bond acceptors (Lipinski definition) is 4. The highest BCUT2D eigenvalue weighted by atomic mass is 16.5. The first kappa shape index (κ1) is 11.6. The Morgan fingerprint density at radius 3 is 2.87 bits per heavy atom. The van der Waals surface area contributed by atoms with Crippen molar-refractivity contribution in [1.29, 1.82) is 0 Å². The van der Waals surface area contributed by atoms with Crippen LogP contribution in [0.25, 0.3) is 0 Å². The van der Waals surface area contributed by atoms with E-state index in [1.165, 1.54) is 6.42 Å². The molecule has 15 heavy (non-hydrogen) atoms. The summed E-state index contributed by atoms with van der Waals surface area (Å²) in [5, 5.41) is 3.22. The number of nitrogens with one attached hydrogen (secondary N) is 1. The Labute approximate surface area is 90.8 Å². The van der Waals surface area contributed by atoms with Gasteiger partial charge < -0.3 is 15.8 Å². The van der Waals surface area contributed by atoms with Crippen LogP contribution in [-0.2, 0) is 0 Å². The number of unbranched alkanes of at least 4 members (excludes halogenated alkanes) is 1. The van der Waals surface area contributed by atoms with Crippen molar-refractivity contribution in [2.24, 2.45) is 0 Å². The van der Waals surface area contributed by atoms with E-state index in [-0.39, 0.29) is 0 Å². The van der Waals surface area contributed by atoms with Crippen molar-refractivity contribution in [1.82, 2.24) is 4.98 Å². The van der Waals surface area contributed by atoms with Crippen molar-refractivity contribution in [3.05, 3.63) is 12.1 Å². The van der Waals surface area contributed by atoms with E-state index in [0.717, 1.165) is 18.8 Å². The second kappa shape index (κ2) is 6.11. The lowest BCUT2D eigenvalue weighted by Crippen LogP contribution is -2.05. The largest absolute Gasteiger partial charge is 0.476 e. The number of rotatable bonds is 6. The summed E-state index contributed by atoms with van der Waals surface area (Å²) in [6.07, 6.45) is 2.30. The molecule has 0 saturated heterocycles. The van der Waals surface area contributed by atoms with Crippen molar-refractivity contribution in [3.63, 3.8) is 0 Å². The van der Waals surface area contributed by atoms with Crippen LogP contribution in [0, 0.1) is 0 Å². The molecule has 0 radical (unpaired) electrons. The molecule has 0 bridgehead atoms. The molecule has 3 N–H and O–H groups in total. The molecule has 0 aliphatic carbocycles. The highest BCUT2D eigenvalue weighted by Gasteiger charge is 2.02. The van der Waals surface area contributed by atoms with E-state index in [4.69, 9.17) is 10.5 Å². The second-order valence-corrected chi connectivity index (χ2v) is 3.30. The number of aromatic nitrogens is 1. The lowest BCUT2D eigenvalue weighted by Gasteiger charge is -2.09. The predicted octanol–water partition coefficient (Wildman–Crippen LogP) is 2.27. The monoisotopic (exact) mass is 209 g/mol. The van der Waals surface area contributed by atoms with Gasteiger partial charge in [-0.25, -0.2) is 0 Å². The van der Waals surface area contributed by atoms with Gasteiger partial charge in [0.1, 0.15) is 5.82 Å². The molecule has 0 unspecified atom stereocenters. The second-order valence-electron chi connectivity index (χ2n) is 3.30. The molecule has 0 aliphatic rings. The molecule has 1 rings (SSSR count). The van der Waals surface area contributed by atoms with Gasteiger partial charge in [-0.3, -0.25) is 0 Å². The summed E-state index contributed by atoms with van der Waals surface area (Å²) < 4.78 is 5.31. The first-order chi connectivity index (χ1) is 7.27. The van der Waals surface area contributed by atoms with Crippen molar-refractivity contribution >= 4 is 11.5 Å². The third-order valence-corrected chi connectivity index (χ3v) is 2.01. The van der Waals surface area contributed by atoms with Gasteiger partial charge in [0.05, 0.1) is 12.3 Å². The van der Waals surface area contributed by atoms with Gasteiger partial charge in [-0.1, -0.05) is 13.3 Å². The Kier molecular flexibility index (Phi) is 4.74. The zero-order valence-electron chi connectivity index (χ0n) is 9.42. The number of nitrogens with zero attached hydrogens (tertiary/aromatic N) is 1. The summed E-state index contributed by atoms with van der Waals surface area (Å²) in [6, 6.07) is 3.68. The molecule has 84 valence electrons. The quantitative estimate of drug-likeness (QED) is 0.706. The van der Waals surface area contributed by atoms with Gasteiger partial charge in [0, 0.05) is 6.54 Å². The van der Waals surface area contributed by atoms with Crippen LogP contribution in [0.3, 0.4) is 0 Å². The van der Waals surface area contributed by atoms with Crippen molar-refractivity contribution in [2.45, 2.75) is 26.7 Å². The van der Waals surface area contributed by atoms with E-state index in [1.54, 1.807) is 0 Å². The molecular weight excluding hydrogens is 190 g/mol. The maximum atomic E-state index is 5.72. The summed E-state index contributed by atoms with van der Waals surface area (Å²) in [5.74, 6) is 1.33. The minimum absolute atomic E-state index is 0.513. The van der Waals surface area contributed by atoms with Gasteiger partial charge in [-0.2, -0.15) is 4.98 Å². The van der Waals surface area contributed by atoms with Crippen molar-refractivity contribution in [3.8, 4) is 5.88 Å². The number of nitrogen functional groups attached to an aromatic ring is 1. The fourth-order valence-corrected chi connectivity index (χ4v) is 1.20. The Bertz CT molecular complexity index is 302.